The van der Waals surface area contributed by atoms with E-state index in [0.29, 0.717) is 0 Å². The minimum absolute atomic E-state index is 0. The molecule has 0 aromatic rings. The van der Waals surface area contributed by atoms with Crippen molar-refractivity contribution in [2.75, 3.05) is 12.3 Å². The van der Waals surface area contributed by atoms with Gasteiger partial charge in [-0.1, -0.05) is 0 Å². The summed E-state index contributed by atoms with van der Waals surface area (Å²) in [6.07, 6.45) is -1.76. The molecule has 0 aliphatic rings. The number of hydrogen-bond acceptors (Lipinski definition) is 8. The van der Waals surface area contributed by atoms with Crippen LogP contribution in [0.25, 0.3) is 0 Å². The van der Waals surface area contributed by atoms with Crippen molar-refractivity contribution in [3.63, 3.8) is 0 Å². The molecule has 0 aliphatic heterocycles. The summed E-state index contributed by atoms with van der Waals surface area (Å²) >= 11 is 0. The third kappa shape index (κ3) is 36.4. The summed E-state index contributed by atoms with van der Waals surface area (Å²) < 4.78 is 37.7. The molecule has 0 aromatic carbocycles. The van der Waals surface area contributed by atoms with Gasteiger partial charge in [-0.25, -0.2) is 18.3 Å². The van der Waals surface area contributed by atoms with Gasteiger partial charge in [-0.15, -0.1) is 0 Å². The van der Waals surface area contributed by atoms with Gasteiger partial charge in [0.15, 0.2) is 0 Å². The van der Waals surface area contributed by atoms with E-state index in [4.69, 9.17) is 0 Å². The van der Waals surface area contributed by atoms with Crippen molar-refractivity contribution in [1.29, 1.82) is 0 Å². The van der Waals surface area contributed by atoms with Gasteiger partial charge in [-0.3, -0.25) is 0 Å². The van der Waals surface area contributed by atoms with Crippen molar-refractivity contribution in [2.24, 2.45) is 0 Å². The maximum absolute atomic E-state index is 9.43. The first-order valence-corrected chi connectivity index (χ1v) is 5.61. The first kappa shape index (κ1) is 25.6. The van der Waals surface area contributed by atoms with E-state index in [1.165, 1.54) is 0 Å². The summed E-state index contributed by atoms with van der Waals surface area (Å²) in [6.45, 7) is 0. The van der Waals surface area contributed by atoms with Crippen LogP contribution in [0.15, 0.2) is 0 Å². The Labute approximate surface area is 135 Å². The Morgan fingerprint density at radius 2 is 0.938 bits per heavy atom. The summed E-state index contributed by atoms with van der Waals surface area (Å²) in [5.41, 5.74) is 0. The maximum atomic E-state index is 9.43. The van der Waals surface area contributed by atoms with Crippen LogP contribution in [0, 0.1) is 0 Å². The van der Waals surface area contributed by atoms with Gasteiger partial charge in [0.1, 0.15) is 0 Å². The molecule has 80 valence electrons. The van der Waals surface area contributed by atoms with Crippen molar-refractivity contribution in [3.8, 4) is 0 Å². The van der Waals surface area contributed by atoms with Crippen LogP contribution in [-0.2, 0) is 27.8 Å². The monoisotopic (exact) mass is 288 g/mol. The normalized spacial score (nSPS) is 7.00. The number of rotatable bonds is 4. The Bertz CT molecular complexity index is 296. The minimum Gasteiger partial charge on any atom is -0.549 e. The second-order valence-electron chi connectivity index (χ2n) is 1.73. The van der Waals surface area contributed by atoms with Gasteiger partial charge in [0.05, 0.1) is 24.3 Å². The molecule has 0 aliphatic carbocycles. The predicted octanol–water partition coefficient (Wildman–Crippen LogP) is -8.17. The van der Waals surface area contributed by atoms with E-state index < -0.39 is 39.6 Å². The number of carboxylic acid groups (broad SMARTS) is 2. The number of carbonyl (C=O) groups excluding carboxylic acids is 2. The fourth-order valence-corrected chi connectivity index (χ4v) is 0.632. The summed E-state index contributed by atoms with van der Waals surface area (Å²) in [4.78, 5) is 18.6. The van der Waals surface area contributed by atoms with Crippen molar-refractivity contribution in [3.05, 3.63) is 0 Å². The summed E-state index contributed by atoms with van der Waals surface area (Å²) in [5, 5.41) is 18.6. The van der Waals surface area contributed by atoms with Crippen molar-refractivity contribution in [1.82, 2.24) is 0 Å². The zero-order valence-electron chi connectivity index (χ0n) is 8.57. The number of carboxylic acids is 2. The van der Waals surface area contributed by atoms with Gasteiger partial charge in [-0.05, 0) is 0 Å². The van der Waals surface area contributed by atoms with Crippen molar-refractivity contribution >= 4 is 27.3 Å². The molecule has 0 atom stereocenters. The summed E-state index contributed by atoms with van der Waals surface area (Å²) in [6, 6.07) is 0. The van der Waals surface area contributed by atoms with Crippen LogP contribution in [-0.4, -0.2) is 24.3 Å². The van der Waals surface area contributed by atoms with E-state index in [1.807, 2.05) is 0 Å². The van der Waals surface area contributed by atoms with Crippen LogP contribution < -0.4 is 69.3 Å². The molecule has 0 fully saturated rings. The van der Waals surface area contributed by atoms with E-state index in [2.05, 4.69) is 0 Å². The topological polar surface area (TPSA) is 149 Å². The first-order valence-electron chi connectivity index (χ1n) is 2.89. The van der Waals surface area contributed by atoms with E-state index in [-0.39, 0.29) is 59.1 Å². The molecule has 12 heteroatoms. The fourth-order valence-electron chi connectivity index (χ4n) is 0.211. The van der Waals surface area contributed by atoms with Crippen LogP contribution in [0.4, 0.5) is 0 Å². The molecule has 16 heavy (non-hydrogen) atoms. The molecule has 8 nitrogen and oxygen atoms in total. The molecular formula is C4H4Na2O8P2. The second kappa shape index (κ2) is 15.7. The molecule has 0 N–H and O–H groups in total. The Balaban J connectivity index is -0.0000000800. The van der Waals surface area contributed by atoms with Gasteiger partial charge in [0.25, 0.3) is 0 Å². The smallest absolute Gasteiger partial charge is 0.549 e. The molecule has 0 heterocycles. The molecule has 0 aromatic heterocycles. The molecule has 0 radical (unpaired) electrons. The van der Waals surface area contributed by atoms with E-state index in [9.17, 15) is 38.1 Å². The van der Waals surface area contributed by atoms with Gasteiger partial charge >= 0.3 is 74.5 Å². The van der Waals surface area contributed by atoms with E-state index >= 15 is 0 Å². The predicted molar refractivity (Wildman–Crippen MR) is 36.3 cm³/mol. The molecule has 0 rings (SSSR count). The van der Waals surface area contributed by atoms with Gasteiger partial charge in [-0.2, -0.15) is 0 Å². The Morgan fingerprint density at radius 3 is 0.938 bits per heavy atom. The van der Waals surface area contributed by atoms with Crippen LogP contribution >= 0.6 is 15.4 Å². The Hall–Kier alpha value is 0.740. The first-order chi connectivity index (χ1) is 6.25. The quantitative estimate of drug-likeness (QED) is 0.365. The molecule has 0 bridgehead atoms. The van der Waals surface area contributed by atoms with Crippen LogP contribution in [0.1, 0.15) is 0 Å². The number of aliphatic carboxylic acids is 2. The van der Waals surface area contributed by atoms with E-state index in [1.54, 1.807) is 0 Å². The summed E-state index contributed by atoms with van der Waals surface area (Å²) in [5.74, 6) is -3.12. The van der Waals surface area contributed by atoms with Crippen LogP contribution in [0.2, 0.25) is 0 Å². The van der Waals surface area contributed by atoms with Crippen LogP contribution in [0.5, 0.6) is 0 Å². The van der Waals surface area contributed by atoms with Gasteiger partial charge < -0.3 is 19.8 Å². The zero-order valence-corrected chi connectivity index (χ0v) is 14.4. The maximum Gasteiger partial charge on any atom is 1.00 e. The largest absolute Gasteiger partial charge is 1.00 e. The minimum atomic E-state index is -2.80. The van der Waals surface area contributed by atoms with Gasteiger partial charge in [0.2, 0.25) is 0 Å². The fraction of sp³-hybridized carbons (Fsp3) is 0.500. The Kier molecular flexibility index (Phi) is 25.1. The molecule has 0 spiro atoms. The average Bonchev–Trinajstić information content (AvgIpc) is 1.79. The Morgan fingerprint density at radius 1 is 0.750 bits per heavy atom. The second-order valence-corrected chi connectivity index (χ2v) is 3.69. The zero-order chi connectivity index (χ0) is 11.7. The molecular weight excluding hydrogens is 284 g/mol. The summed E-state index contributed by atoms with van der Waals surface area (Å²) in [7, 11) is -5.60. The third-order valence-corrected chi connectivity index (χ3v) is 1.55. The molecule has 0 amide bonds. The third-order valence-electron chi connectivity index (χ3n) is 0.516. The molecule has 0 saturated carbocycles. The number of hydrogen-bond donors (Lipinski definition) is 0. The van der Waals surface area contributed by atoms with Crippen LogP contribution in [0.3, 0.4) is 0 Å². The number of carbonyl (C=O) groups is 2. The SMILES string of the molecule is O=C([O-])CP(=O)=O.O=C([O-])CP(=O)=O.[Na+].[Na+]. The molecule has 0 unspecified atom stereocenters. The van der Waals surface area contributed by atoms with Crippen molar-refractivity contribution < 1.29 is 97.2 Å². The van der Waals surface area contributed by atoms with E-state index in [0.717, 1.165) is 0 Å². The molecule has 0 saturated heterocycles. The standard InChI is InChI=1S/2C2H3O4P.2Na/c2*3-2(4)1-7(5)6;;/h2*1H2,(H,3,4);;/q;;2*+1/p-2. The average molecular weight is 288 g/mol. The van der Waals surface area contributed by atoms with Crippen molar-refractivity contribution in [2.45, 2.75) is 0 Å². The van der Waals surface area contributed by atoms with Gasteiger partial charge in [0, 0.05) is 0 Å².